The van der Waals surface area contributed by atoms with Gasteiger partial charge < -0.3 is 9.64 Å². The predicted molar refractivity (Wildman–Crippen MR) is 98.5 cm³/mol. The third kappa shape index (κ3) is 5.32. The minimum Gasteiger partial charge on any atom is -0.381 e. The van der Waals surface area contributed by atoms with Gasteiger partial charge in [0.05, 0.1) is 6.61 Å². The Hall–Kier alpha value is -1.91. The molecule has 24 heavy (non-hydrogen) atoms. The van der Waals surface area contributed by atoms with Gasteiger partial charge in [0.15, 0.2) is 0 Å². The average molecular weight is 325 g/mol. The molecule has 0 spiro atoms. The molecule has 4 nitrogen and oxygen atoms in total. The lowest BCUT2D eigenvalue weighted by atomic mass is 10.2. The first kappa shape index (κ1) is 16.9. The van der Waals surface area contributed by atoms with Crippen LogP contribution in [0.5, 0.6) is 0 Å². The van der Waals surface area contributed by atoms with Crippen LogP contribution in [0.25, 0.3) is 0 Å². The quantitative estimate of drug-likeness (QED) is 0.698. The molecule has 0 saturated carbocycles. The molecule has 4 heteroatoms. The highest BCUT2D eigenvalue weighted by Crippen LogP contribution is 2.12. The van der Waals surface area contributed by atoms with Crippen molar-refractivity contribution >= 4 is 5.82 Å². The van der Waals surface area contributed by atoms with Crippen LogP contribution in [0.4, 0.5) is 5.82 Å². The van der Waals surface area contributed by atoms with Crippen molar-refractivity contribution in [2.45, 2.75) is 12.8 Å². The van der Waals surface area contributed by atoms with Gasteiger partial charge in [-0.25, -0.2) is 4.98 Å². The summed E-state index contributed by atoms with van der Waals surface area (Å²) >= 11 is 0. The molecule has 0 unspecified atom stereocenters. The van der Waals surface area contributed by atoms with Gasteiger partial charge in [-0.3, -0.25) is 4.90 Å². The van der Waals surface area contributed by atoms with E-state index in [0.717, 1.165) is 64.6 Å². The Bertz CT molecular complexity index is 568. The lowest BCUT2D eigenvalue weighted by Crippen LogP contribution is -2.47. The van der Waals surface area contributed by atoms with Crippen LogP contribution in [-0.4, -0.2) is 55.8 Å². The first-order chi connectivity index (χ1) is 11.9. The summed E-state index contributed by atoms with van der Waals surface area (Å²) in [7, 11) is 0. The lowest BCUT2D eigenvalue weighted by molar-refractivity contribution is 0.122. The summed E-state index contributed by atoms with van der Waals surface area (Å²) < 4.78 is 5.77. The molecule has 128 valence electrons. The molecular formula is C20H27N3O. The van der Waals surface area contributed by atoms with E-state index < -0.39 is 0 Å². The van der Waals surface area contributed by atoms with Crippen LogP contribution in [0.15, 0.2) is 54.7 Å². The van der Waals surface area contributed by atoms with Crippen LogP contribution in [-0.2, 0) is 11.2 Å². The van der Waals surface area contributed by atoms with Gasteiger partial charge in [-0.05, 0) is 30.5 Å². The second kappa shape index (κ2) is 9.40. The zero-order valence-electron chi connectivity index (χ0n) is 14.3. The Morgan fingerprint density at radius 2 is 1.67 bits per heavy atom. The fourth-order valence-electron chi connectivity index (χ4n) is 3.07. The summed E-state index contributed by atoms with van der Waals surface area (Å²) in [5.74, 6) is 1.10. The summed E-state index contributed by atoms with van der Waals surface area (Å²) in [6, 6.07) is 16.7. The smallest absolute Gasteiger partial charge is 0.128 e. The fourth-order valence-corrected chi connectivity index (χ4v) is 3.07. The first-order valence-electron chi connectivity index (χ1n) is 8.92. The van der Waals surface area contributed by atoms with E-state index in [9.17, 15) is 0 Å². The molecule has 0 amide bonds. The van der Waals surface area contributed by atoms with Crippen LogP contribution in [0.1, 0.15) is 12.0 Å². The second-order valence-electron chi connectivity index (χ2n) is 6.22. The molecule has 0 radical (unpaired) electrons. The van der Waals surface area contributed by atoms with Crippen molar-refractivity contribution in [1.29, 1.82) is 0 Å². The summed E-state index contributed by atoms with van der Waals surface area (Å²) in [5.41, 5.74) is 1.35. The van der Waals surface area contributed by atoms with Gasteiger partial charge in [0.1, 0.15) is 5.82 Å². The van der Waals surface area contributed by atoms with Crippen molar-refractivity contribution in [3.8, 4) is 0 Å². The molecule has 0 N–H and O–H groups in total. The maximum atomic E-state index is 5.77. The van der Waals surface area contributed by atoms with Crippen LogP contribution < -0.4 is 4.90 Å². The van der Waals surface area contributed by atoms with Crippen molar-refractivity contribution in [3.63, 3.8) is 0 Å². The normalized spacial score (nSPS) is 15.6. The van der Waals surface area contributed by atoms with E-state index in [2.05, 4.69) is 57.2 Å². The molecule has 1 fully saturated rings. The van der Waals surface area contributed by atoms with Gasteiger partial charge in [-0.15, -0.1) is 0 Å². The Labute approximate surface area is 145 Å². The molecule has 0 aliphatic carbocycles. The second-order valence-corrected chi connectivity index (χ2v) is 6.22. The van der Waals surface area contributed by atoms with Crippen LogP contribution in [0.3, 0.4) is 0 Å². The van der Waals surface area contributed by atoms with Crippen molar-refractivity contribution in [1.82, 2.24) is 9.88 Å². The molecule has 1 aliphatic heterocycles. The Balaban J connectivity index is 1.25. The van der Waals surface area contributed by atoms with E-state index in [1.807, 2.05) is 12.3 Å². The van der Waals surface area contributed by atoms with Crippen LogP contribution in [0, 0.1) is 0 Å². The summed E-state index contributed by atoms with van der Waals surface area (Å²) in [6.07, 6.45) is 3.98. The minimum absolute atomic E-state index is 0.817. The SMILES string of the molecule is c1ccc(CCOCCCN2CCN(c3ccccn3)CC2)cc1. The number of aromatic nitrogens is 1. The Kier molecular flexibility index (Phi) is 6.63. The monoisotopic (exact) mass is 325 g/mol. The largest absolute Gasteiger partial charge is 0.381 e. The molecular weight excluding hydrogens is 298 g/mol. The highest BCUT2D eigenvalue weighted by atomic mass is 16.5. The van der Waals surface area contributed by atoms with E-state index in [1.54, 1.807) is 0 Å². The number of anilines is 1. The Morgan fingerprint density at radius 1 is 0.875 bits per heavy atom. The van der Waals surface area contributed by atoms with E-state index >= 15 is 0 Å². The number of ether oxygens (including phenoxy) is 1. The maximum Gasteiger partial charge on any atom is 0.128 e. The summed E-state index contributed by atoms with van der Waals surface area (Å²) in [6.45, 7) is 7.14. The predicted octanol–water partition coefficient (Wildman–Crippen LogP) is 2.85. The van der Waals surface area contributed by atoms with E-state index in [1.165, 1.54) is 5.56 Å². The van der Waals surface area contributed by atoms with Gasteiger partial charge in [0.25, 0.3) is 0 Å². The number of rotatable bonds is 8. The third-order valence-electron chi connectivity index (χ3n) is 4.49. The molecule has 1 aliphatic rings. The van der Waals surface area contributed by atoms with Gasteiger partial charge in [-0.1, -0.05) is 36.4 Å². The standard InChI is InChI=1S/C20H27N3O/c1-2-7-19(8-3-1)10-18-24-17-6-12-22-13-15-23(16-14-22)20-9-4-5-11-21-20/h1-5,7-9,11H,6,10,12-18H2. The maximum absolute atomic E-state index is 5.77. The zero-order valence-corrected chi connectivity index (χ0v) is 14.3. The molecule has 1 saturated heterocycles. The average Bonchev–Trinajstić information content (AvgIpc) is 2.67. The molecule has 2 heterocycles. The lowest BCUT2D eigenvalue weighted by Gasteiger charge is -2.35. The van der Waals surface area contributed by atoms with Gasteiger partial charge in [-0.2, -0.15) is 0 Å². The van der Waals surface area contributed by atoms with Gasteiger partial charge >= 0.3 is 0 Å². The first-order valence-corrected chi connectivity index (χ1v) is 8.92. The minimum atomic E-state index is 0.817. The molecule has 2 aromatic rings. The van der Waals surface area contributed by atoms with Gasteiger partial charge in [0.2, 0.25) is 0 Å². The molecule has 1 aromatic heterocycles. The van der Waals surface area contributed by atoms with E-state index in [0.29, 0.717) is 0 Å². The van der Waals surface area contributed by atoms with Crippen LogP contribution in [0.2, 0.25) is 0 Å². The number of pyridine rings is 1. The van der Waals surface area contributed by atoms with Crippen molar-refractivity contribution in [2.24, 2.45) is 0 Å². The van der Waals surface area contributed by atoms with Gasteiger partial charge in [0, 0.05) is 45.5 Å². The van der Waals surface area contributed by atoms with Crippen molar-refractivity contribution in [2.75, 3.05) is 50.8 Å². The number of benzene rings is 1. The summed E-state index contributed by atoms with van der Waals surface area (Å²) in [5, 5.41) is 0. The van der Waals surface area contributed by atoms with E-state index in [-0.39, 0.29) is 0 Å². The van der Waals surface area contributed by atoms with Crippen LogP contribution >= 0.6 is 0 Å². The highest BCUT2D eigenvalue weighted by Gasteiger charge is 2.17. The highest BCUT2D eigenvalue weighted by molar-refractivity contribution is 5.38. The number of piperazine rings is 1. The van der Waals surface area contributed by atoms with E-state index in [4.69, 9.17) is 4.74 Å². The molecule has 1 aromatic carbocycles. The number of hydrogen-bond acceptors (Lipinski definition) is 4. The molecule has 0 bridgehead atoms. The van der Waals surface area contributed by atoms with Crippen molar-refractivity contribution < 1.29 is 4.74 Å². The molecule has 3 rings (SSSR count). The topological polar surface area (TPSA) is 28.6 Å². The fraction of sp³-hybridized carbons (Fsp3) is 0.450. The zero-order chi connectivity index (χ0) is 16.5. The summed E-state index contributed by atoms with van der Waals surface area (Å²) in [4.78, 5) is 9.33. The van der Waals surface area contributed by atoms with Crippen molar-refractivity contribution in [3.05, 3.63) is 60.3 Å². The number of nitrogens with zero attached hydrogens (tertiary/aromatic N) is 3. The number of hydrogen-bond donors (Lipinski definition) is 0. The Morgan fingerprint density at radius 3 is 2.42 bits per heavy atom. The third-order valence-corrected chi connectivity index (χ3v) is 4.49. The molecule has 0 atom stereocenters.